The van der Waals surface area contributed by atoms with Gasteiger partial charge in [0, 0.05) is 23.6 Å². The molecule has 0 aliphatic carbocycles. The minimum Gasteiger partial charge on any atom is -0.467 e. The molecule has 1 aromatic carbocycles. The summed E-state index contributed by atoms with van der Waals surface area (Å²) < 4.78 is 5.13. The van der Waals surface area contributed by atoms with Crippen molar-refractivity contribution in [1.29, 1.82) is 0 Å². The second kappa shape index (κ2) is 7.82. The molecule has 0 saturated heterocycles. The van der Waals surface area contributed by atoms with Gasteiger partial charge in [0.15, 0.2) is 0 Å². The Labute approximate surface area is 134 Å². The molecular formula is C17H18ClNO3. The van der Waals surface area contributed by atoms with Crippen LogP contribution in [0.15, 0.2) is 53.2 Å². The van der Waals surface area contributed by atoms with Gasteiger partial charge < -0.3 is 14.8 Å². The van der Waals surface area contributed by atoms with E-state index in [1.165, 1.54) is 12.3 Å². The van der Waals surface area contributed by atoms with Crippen molar-refractivity contribution in [3.05, 3.63) is 65.1 Å². The molecule has 2 unspecified atom stereocenters. The van der Waals surface area contributed by atoms with Gasteiger partial charge in [-0.3, -0.25) is 4.79 Å². The number of aliphatic hydroxyl groups is 1. The highest BCUT2D eigenvalue weighted by Gasteiger charge is 2.15. The average Bonchev–Trinajstić information content (AvgIpc) is 2.99. The van der Waals surface area contributed by atoms with Crippen molar-refractivity contribution in [2.75, 3.05) is 0 Å². The van der Waals surface area contributed by atoms with Crippen LogP contribution in [0.5, 0.6) is 0 Å². The first kappa shape index (κ1) is 16.3. The normalized spacial score (nSPS) is 14.0. The monoisotopic (exact) mass is 319 g/mol. The third-order valence-corrected chi connectivity index (χ3v) is 3.35. The first-order valence-electron chi connectivity index (χ1n) is 7.00. The Hall–Kier alpha value is -2.04. The van der Waals surface area contributed by atoms with Crippen LogP contribution in [0.1, 0.15) is 30.8 Å². The van der Waals surface area contributed by atoms with E-state index in [4.69, 9.17) is 16.0 Å². The summed E-state index contributed by atoms with van der Waals surface area (Å²) in [6.07, 6.45) is 4.29. The topological polar surface area (TPSA) is 62.5 Å². The van der Waals surface area contributed by atoms with Crippen LogP contribution >= 0.6 is 11.6 Å². The van der Waals surface area contributed by atoms with Gasteiger partial charge in [-0.2, -0.15) is 0 Å². The number of furan rings is 1. The zero-order valence-electron chi connectivity index (χ0n) is 12.2. The van der Waals surface area contributed by atoms with Crippen LogP contribution in [0.4, 0.5) is 0 Å². The Morgan fingerprint density at radius 1 is 1.41 bits per heavy atom. The summed E-state index contributed by atoms with van der Waals surface area (Å²) in [6, 6.07) is 10.5. The number of amides is 1. The second-order valence-corrected chi connectivity index (χ2v) is 5.50. The molecule has 1 aromatic heterocycles. The molecule has 1 amide bonds. The molecule has 0 aliphatic rings. The van der Waals surface area contributed by atoms with Crippen molar-refractivity contribution in [2.24, 2.45) is 0 Å². The minimum atomic E-state index is -0.734. The van der Waals surface area contributed by atoms with Crippen LogP contribution in [0.2, 0.25) is 5.02 Å². The standard InChI is InChI=1S/C17H18ClNO3/c1-12(10-15(20)16-6-3-9-22-16)19-17(21)8-7-13-4-2-5-14(18)11-13/h2-9,11-12,15,20H,10H2,1H3,(H,19,21)/b8-7+. The molecule has 0 bridgehead atoms. The molecule has 0 saturated carbocycles. The van der Waals surface area contributed by atoms with E-state index in [0.29, 0.717) is 17.2 Å². The summed E-state index contributed by atoms with van der Waals surface area (Å²) in [5, 5.41) is 13.4. The van der Waals surface area contributed by atoms with Gasteiger partial charge in [-0.05, 0) is 42.8 Å². The van der Waals surface area contributed by atoms with Crippen molar-refractivity contribution in [1.82, 2.24) is 5.32 Å². The maximum absolute atomic E-state index is 11.8. The highest BCUT2D eigenvalue weighted by atomic mass is 35.5. The number of hydrogen-bond acceptors (Lipinski definition) is 3. The Kier molecular flexibility index (Phi) is 5.81. The van der Waals surface area contributed by atoms with Gasteiger partial charge in [0.1, 0.15) is 11.9 Å². The van der Waals surface area contributed by atoms with Gasteiger partial charge in [-0.1, -0.05) is 23.7 Å². The summed E-state index contributed by atoms with van der Waals surface area (Å²) in [6.45, 7) is 1.83. The number of carbonyl (C=O) groups excluding carboxylic acids is 1. The number of rotatable bonds is 6. The van der Waals surface area contributed by atoms with Gasteiger partial charge in [0.25, 0.3) is 0 Å². The van der Waals surface area contributed by atoms with E-state index >= 15 is 0 Å². The van der Waals surface area contributed by atoms with E-state index in [1.54, 1.807) is 30.3 Å². The summed E-state index contributed by atoms with van der Waals surface area (Å²) in [4.78, 5) is 11.8. The quantitative estimate of drug-likeness (QED) is 0.800. The fraction of sp³-hybridized carbons (Fsp3) is 0.235. The fourth-order valence-corrected chi connectivity index (χ4v) is 2.26. The summed E-state index contributed by atoms with van der Waals surface area (Å²) in [7, 11) is 0. The van der Waals surface area contributed by atoms with Crippen molar-refractivity contribution >= 4 is 23.6 Å². The molecule has 0 radical (unpaired) electrons. The van der Waals surface area contributed by atoms with Gasteiger partial charge in [0.2, 0.25) is 5.91 Å². The van der Waals surface area contributed by atoms with Gasteiger partial charge in [-0.25, -0.2) is 0 Å². The highest BCUT2D eigenvalue weighted by Crippen LogP contribution is 2.18. The Morgan fingerprint density at radius 2 is 2.23 bits per heavy atom. The summed E-state index contributed by atoms with van der Waals surface area (Å²) in [5.74, 6) is 0.273. The number of carbonyl (C=O) groups is 1. The third kappa shape index (κ3) is 5.06. The van der Waals surface area contributed by atoms with Crippen molar-refractivity contribution < 1.29 is 14.3 Å². The largest absolute Gasteiger partial charge is 0.467 e. The molecule has 4 nitrogen and oxygen atoms in total. The van der Waals surface area contributed by atoms with Crippen molar-refractivity contribution in [3.63, 3.8) is 0 Å². The van der Waals surface area contributed by atoms with E-state index < -0.39 is 6.10 Å². The zero-order chi connectivity index (χ0) is 15.9. The molecule has 116 valence electrons. The van der Waals surface area contributed by atoms with Crippen molar-refractivity contribution in [2.45, 2.75) is 25.5 Å². The zero-order valence-corrected chi connectivity index (χ0v) is 13.0. The molecule has 2 N–H and O–H groups in total. The lowest BCUT2D eigenvalue weighted by molar-refractivity contribution is -0.117. The highest BCUT2D eigenvalue weighted by molar-refractivity contribution is 6.30. The molecule has 5 heteroatoms. The SMILES string of the molecule is CC(CC(O)c1ccco1)NC(=O)/C=C/c1cccc(Cl)c1. The second-order valence-electron chi connectivity index (χ2n) is 5.06. The maximum atomic E-state index is 11.8. The number of benzene rings is 1. The molecule has 0 fully saturated rings. The number of aliphatic hydroxyl groups excluding tert-OH is 1. The molecular weight excluding hydrogens is 302 g/mol. The number of halogens is 1. The Balaban J connectivity index is 1.83. The van der Waals surface area contributed by atoms with Crippen LogP contribution in [0, 0.1) is 0 Å². The van der Waals surface area contributed by atoms with Crippen LogP contribution < -0.4 is 5.32 Å². The lowest BCUT2D eigenvalue weighted by Gasteiger charge is -2.15. The van der Waals surface area contributed by atoms with Crippen molar-refractivity contribution in [3.8, 4) is 0 Å². The predicted molar refractivity (Wildman–Crippen MR) is 86.4 cm³/mol. The predicted octanol–water partition coefficient (Wildman–Crippen LogP) is 3.57. The molecule has 2 atom stereocenters. The average molecular weight is 320 g/mol. The maximum Gasteiger partial charge on any atom is 0.244 e. The smallest absolute Gasteiger partial charge is 0.244 e. The lowest BCUT2D eigenvalue weighted by Crippen LogP contribution is -2.32. The van der Waals surface area contributed by atoms with E-state index in [2.05, 4.69) is 5.32 Å². The van der Waals surface area contributed by atoms with Crippen LogP contribution in [0.25, 0.3) is 6.08 Å². The van der Waals surface area contributed by atoms with Gasteiger partial charge in [-0.15, -0.1) is 0 Å². The molecule has 2 rings (SSSR count). The van der Waals surface area contributed by atoms with E-state index in [0.717, 1.165) is 5.56 Å². The van der Waals surface area contributed by atoms with Crippen LogP contribution in [-0.2, 0) is 4.79 Å². The minimum absolute atomic E-state index is 0.184. The Bertz CT molecular complexity index is 637. The van der Waals surface area contributed by atoms with E-state index in [9.17, 15) is 9.90 Å². The third-order valence-electron chi connectivity index (χ3n) is 3.11. The van der Waals surface area contributed by atoms with E-state index in [-0.39, 0.29) is 11.9 Å². The van der Waals surface area contributed by atoms with Gasteiger partial charge in [0.05, 0.1) is 6.26 Å². The molecule has 1 heterocycles. The first-order chi connectivity index (χ1) is 10.5. The molecule has 2 aromatic rings. The van der Waals surface area contributed by atoms with E-state index in [1.807, 2.05) is 19.1 Å². The molecule has 0 aliphatic heterocycles. The number of hydrogen-bond donors (Lipinski definition) is 2. The first-order valence-corrected chi connectivity index (χ1v) is 7.38. The summed E-state index contributed by atoms with van der Waals surface area (Å²) in [5.41, 5.74) is 0.853. The fourth-order valence-electron chi connectivity index (χ4n) is 2.06. The molecule has 22 heavy (non-hydrogen) atoms. The Morgan fingerprint density at radius 3 is 2.91 bits per heavy atom. The van der Waals surface area contributed by atoms with Crippen LogP contribution in [0.3, 0.4) is 0 Å². The van der Waals surface area contributed by atoms with Gasteiger partial charge >= 0.3 is 0 Å². The van der Waals surface area contributed by atoms with Crippen LogP contribution in [-0.4, -0.2) is 17.1 Å². The summed E-state index contributed by atoms with van der Waals surface area (Å²) >= 11 is 5.88. The lowest BCUT2D eigenvalue weighted by atomic mass is 10.1. The number of nitrogens with one attached hydrogen (secondary N) is 1. The molecule has 0 spiro atoms.